The van der Waals surface area contributed by atoms with Crippen molar-refractivity contribution in [2.24, 2.45) is 0 Å². The van der Waals surface area contributed by atoms with Crippen molar-refractivity contribution in [2.75, 3.05) is 11.5 Å². The summed E-state index contributed by atoms with van der Waals surface area (Å²) in [6, 6.07) is 14.2. The van der Waals surface area contributed by atoms with Crippen molar-refractivity contribution in [3.63, 3.8) is 0 Å². The lowest BCUT2D eigenvalue weighted by molar-refractivity contribution is -0.138. The van der Waals surface area contributed by atoms with E-state index in [4.69, 9.17) is 27.9 Å². The Morgan fingerprint density at radius 1 is 1.11 bits per heavy atom. The number of amides is 1. The molecule has 2 aromatic rings. The second-order valence-corrected chi connectivity index (χ2v) is 6.70. The smallest absolute Gasteiger partial charge is 0.340 e. The number of anilines is 1. The van der Waals surface area contributed by atoms with Crippen molar-refractivity contribution in [3.05, 3.63) is 81.0 Å². The molecule has 0 saturated heterocycles. The summed E-state index contributed by atoms with van der Waals surface area (Å²) in [5.74, 6) is -0.832. The number of para-hydroxylation sites is 1. The Balaban J connectivity index is 2.13. The van der Waals surface area contributed by atoms with E-state index in [-0.39, 0.29) is 23.7 Å². The quantitative estimate of drug-likeness (QED) is 0.518. The normalized spacial score (nSPS) is 15.6. The standard InChI is InChI=1S/C21H17Cl2NO3/c1-3-27-21(26)19-13(2)24(15-7-5-4-6-8-15)20(25)16(19)11-14-9-10-17(22)18(23)12-14/h4-12H,3H2,1-2H3/b16-11+. The summed E-state index contributed by atoms with van der Waals surface area (Å²) in [6.45, 7) is 3.67. The predicted molar refractivity (Wildman–Crippen MR) is 108 cm³/mol. The zero-order valence-corrected chi connectivity index (χ0v) is 16.3. The average Bonchev–Trinajstić information content (AvgIpc) is 2.89. The molecule has 0 fully saturated rings. The van der Waals surface area contributed by atoms with Gasteiger partial charge in [0.2, 0.25) is 0 Å². The van der Waals surface area contributed by atoms with Gasteiger partial charge in [-0.05, 0) is 49.8 Å². The summed E-state index contributed by atoms with van der Waals surface area (Å²) in [5, 5.41) is 0.787. The number of carbonyl (C=O) groups is 2. The number of ether oxygens (including phenoxy) is 1. The lowest BCUT2D eigenvalue weighted by Gasteiger charge is -2.17. The van der Waals surface area contributed by atoms with Crippen LogP contribution in [-0.4, -0.2) is 18.5 Å². The Labute approximate surface area is 167 Å². The van der Waals surface area contributed by atoms with Crippen molar-refractivity contribution < 1.29 is 14.3 Å². The molecular weight excluding hydrogens is 385 g/mol. The van der Waals surface area contributed by atoms with E-state index in [1.807, 2.05) is 30.3 Å². The molecule has 0 N–H and O–H groups in total. The highest BCUT2D eigenvalue weighted by molar-refractivity contribution is 6.42. The lowest BCUT2D eigenvalue weighted by Crippen LogP contribution is -2.24. The first-order valence-corrected chi connectivity index (χ1v) is 9.14. The van der Waals surface area contributed by atoms with Crippen LogP contribution in [0.1, 0.15) is 19.4 Å². The fourth-order valence-electron chi connectivity index (χ4n) is 2.94. The molecule has 4 nitrogen and oxygen atoms in total. The first kappa shape index (κ1) is 19.2. The van der Waals surface area contributed by atoms with Crippen molar-refractivity contribution >= 4 is 46.8 Å². The van der Waals surface area contributed by atoms with E-state index in [2.05, 4.69) is 0 Å². The van der Waals surface area contributed by atoms with Crippen molar-refractivity contribution in [2.45, 2.75) is 13.8 Å². The SMILES string of the molecule is CCOC(=O)C1=C(C)N(c2ccccc2)C(=O)/C1=C/c1ccc(Cl)c(Cl)c1. The highest BCUT2D eigenvalue weighted by Crippen LogP contribution is 2.36. The van der Waals surface area contributed by atoms with Gasteiger partial charge in [-0.2, -0.15) is 0 Å². The zero-order valence-electron chi connectivity index (χ0n) is 14.8. The van der Waals surface area contributed by atoms with Gasteiger partial charge in [0.15, 0.2) is 0 Å². The van der Waals surface area contributed by atoms with Crippen LogP contribution in [0.4, 0.5) is 5.69 Å². The van der Waals surface area contributed by atoms with Gasteiger partial charge in [-0.15, -0.1) is 0 Å². The summed E-state index contributed by atoms with van der Waals surface area (Å²) in [5.41, 5.74) is 2.37. The predicted octanol–water partition coefficient (Wildman–Crippen LogP) is 5.26. The summed E-state index contributed by atoms with van der Waals surface area (Å²) in [7, 11) is 0. The van der Waals surface area contributed by atoms with Crippen LogP contribution >= 0.6 is 23.2 Å². The number of allylic oxidation sites excluding steroid dienone is 1. The maximum absolute atomic E-state index is 13.1. The van der Waals surface area contributed by atoms with E-state index < -0.39 is 5.97 Å². The first-order valence-electron chi connectivity index (χ1n) is 8.38. The van der Waals surface area contributed by atoms with Crippen LogP contribution in [-0.2, 0) is 14.3 Å². The van der Waals surface area contributed by atoms with Gasteiger partial charge in [-0.1, -0.05) is 47.5 Å². The first-order chi connectivity index (χ1) is 12.9. The topological polar surface area (TPSA) is 46.6 Å². The molecule has 0 radical (unpaired) electrons. The van der Waals surface area contributed by atoms with Gasteiger partial charge >= 0.3 is 5.97 Å². The fourth-order valence-corrected chi connectivity index (χ4v) is 3.24. The molecule has 1 aliphatic heterocycles. The number of esters is 1. The molecular formula is C21H17Cl2NO3. The third-order valence-corrected chi connectivity index (χ3v) is 4.89. The number of benzene rings is 2. The Bertz CT molecular complexity index is 965. The summed E-state index contributed by atoms with van der Waals surface area (Å²) < 4.78 is 5.18. The number of halogens is 2. The van der Waals surface area contributed by atoms with E-state index in [0.717, 1.165) is 0 Å². The van der Waals surface area contributed by atoms with Gasteiger partial charge in [0.05, 0.1) is 27.8 Å². The molecule has 3 rings (SSSR count). The molecule has 0 unspecified atom stereocenters. The number of hydrogen-bond acceptors (Lipinski definition) is 3. The van der Waals surface area contributed by atoms with Crippen LogP contribution < -0.4 is 4.90 Å². The van der Waals surface area contributed by atoms with Crippen LogP contribution in [0.15, 0.2) is 65.4 Å². The van der Waals surface area contributed by atoms with Gasteiger partial charge in [-0.25, -0.2) is 4.79 Å². The van der Waals surface area contributed by atoms with Gasteiger partial charge in [-0.3, -0.25) is 9.69 Å². The van der Waals surface area contributed by atoms with E-state index in [0.29, 0.717) is 27.0 Å². The minimum Gasteiger partial charge on any atom is -0.462 e. The van der Waals surface area contributed by atoms with Gasteiger partial charge in [0, 0.05) is 11.4 Å². The number of rotatable bonds is 4. The largest absolute Gasteiger partial charge is 0.462 e. The maximum atomic E-state index is 13.1. The molecule has 6 heteroatoms. The van der Waals surface area contributed by atoms with E-state index in [1.165, 1.54) is 4.90 Å². The third-order valence-electron chi connectivity index (χ3n) is 4.15. The highest BCUT2D eigenvalue weighted by atomic mass is 35.5. The summed E-state index contributed by atoms with van der Waals surface area (Å²) in [4.78, 5) is 27.2. The Kier molecular flexibility index (Phi) is 5.68. The maximum Gasteiger partial charge on any atom is 0.340 e. The molecule has 1 heterocycles. The molecule has 0 aromatic heterocycles. The molecule has 27 heavy (non-hydrogen) atoms. The van der Waals surface area contributed by atoms with Crippen LogP contribution in [0.2, 0.25) is 10.0 Å². The van der Waals surface area contributed by atoms with E-state index in [9.17, 15) is 9.59 Å². The summed E-state index contributed by atoms with van der Waals surface area (Å²) >= 11 is 12.0. The van der Waals surface area contributed by atoms with Gasteiger partial charge < -0.3 is 4.74 Å². The monoisotopic (exact) mass is 401 g/mol. The average molecular weight is 402 g/mol. The molecule has 2 aromatic carbocycles. The number of hydrogen-bond donors (Lipinski definition) is 0. The molecule has 0 saturated carbocycles. The van der Waals surface area contributed by atoms with Gasteiger partial charge in [0.1, 0.15) is 0 Å². The molecule has 0 spiro atoms. The lowest BCUT2D eigenvalue weighted by atomic mass is 10.0. The highest BCUT2D eigenvalue weighted by Gasteiger charge is 2.37. The molecule has 1 aliphatic rings. The second kappa shape index (κ2) is 7.99. The zero-order chi connectivity index (χ0) is 19.6. The van der Waals surface area contributed by atoms with Crippen LogP contribution in [0.5, 0.6) is 0 Å². The van der Waals surface area contributed by atoms with Crippen molar-refractivity contribution in [1.29, 1.82) is 0 Å². The minimum atomic E-state index is -0.534. The Hall–Kier alpha value is -2.56. The van der Waals surface area contributed by atoms with Crippen molar-refractivity contribution in [1.82, 2.24) is 0 Å². The van der Waals surface area contributed by atoms with E-state index in [1.54, 1.807) is 38.1 Å². The molecule has 1 amide bonds. The van der Waals surface area contributed by atoms with E-state index >= 15 is 0 Å². The molecule has 0 atom stereocenters. The number of nitrogens with zero attached hydrogens (tertiary/aromatic N) is 1. The Morgan fingerprint density at radius 3 is 2.44 bits per heavy atom. The fraction of sp³-hybridized carbons (Fsp3) is 0.143. The van der Waals surface area contributed by atoms with Crippen LogP contribution in [0.25, 0.3) is 6.08 Å². The summed E-state index contributed by atoms with van der Waals surface area (Å²) in [6.07, 6.45) is 1.63. The van der Waals surface area contributed by atoms with Gasteiger partial charge in [0.25, 0.3) is 5.91 Å². The second-order valence-electron chi connectivity index (χ2n) is 5.89. The number of carbonyl (C=O) groups excluding carboxylic acids is 2. The molecule has 0 bridgehead atoms. The van der Waals surface area contributed by atoms with Crippen LogP contribution in [0.3, 0.4) is 0 Å². The van der Waals surface area contributed by atoms with Crippen LogP contribution in [0, 0.1) is 0 Å². The van der Waals surface area contributed by atoms with Crippen molar-refractivity contribution in [3.8, 4) is 0 Å². The molecule has 138 valence electrons. The Morgan fingerprint density at radius 2 is 1.81 bits per heavy atom. The molecule has 0 aliphatic carbocycles. The minimum absolute atomic E-state index is 0.217. The third kappa shape index (κ3) is 3.77.